The van der Waals surface area contributed by atoms with Crippen molar-refractivity contribution in [3.63, 3.8) is 0 Å². The third-order valence-corrected chi connectivity index (χ3v) is 6.22. The van der Waals surface area contributed by atoms with Crippen LogP contribution in [0, 0.1) is 18.3 Å². The normalized spacial score (nSPS) is 11.3. The highest BCUT2D eigenvalue weighted by Crippen LogP contribution is 2.34. The molecule has 0 radical (unpaired) electrons. The quantitative estimate of drug-likeness (QED) is 0.0829. The van der Waals surface area contributed by atoms with E-state index in [0.29, 0.717) is 78.5 Å². The molecule has 1 heterocycles. The van der Waals surface area contributed by atoms with Gasteiger partial charge in [0.15, 0.2) is 6.29 Å². The molecule has 0 bridgehead atoms. The van der Waals surface area contributed by atoms with E-state index in [1.54, 1.807) is 6.92 Å². The predicted octanol–water partition coefficient (Wildman–Crippen LogP) is 4.29. The molecule has 10 nitrogen and oxygen atoms in total. The molecular formula is C27H35N5O5S. The number of benzene rings is 1. The summed E-state index contributed by atoms with van der Waals surface area (Å²) < 4.78 is 15.1. The maximum Gasteiger partial charge on any atom is 0.224 e. The zero-order valence-corrected chi connectivity index (χ0v) is 22.7. The van der Waals surface area contributed by atoms with Crippen LogP contribution in [-0.2, 0) is 19.1 Å². The van der Waals surface area contributed by atoms with Crippen molar-refractivity contribution in [3.05, 3.63) is 54.3 Å². The number of carbonyl (C=O) groups is 2. The Kier molecular flexibility index (Phi) is 13.2. The van der Waals surface area contributed by atoms with Crippen molar-refractivity contribution in [1.82, 2.24) is 4.37 Å². The molecule has 1 aromatic carbocycles. The number of aliphatic hydroxyl groups is 1. The number of hydrogen-bond acceptors (Lipinski definition) is 10. The zero-order valence-electron chi connectivity index (χ0n) is 21.9. The van der Waals surface area contributed by atoms with E-state index in [9.17, 15) is 20.0 Å². The maximum atomic E-state index is 12.5. The number of aromatic nitrogens is 1. The van der Waals surface area contributed by atoms with Crippen LogP contribution in [0.1, 0.15) is 37.4 Å². The van der Waals surface area contributed by atoms with Gasteiger partial charge in [0.25, 0.3) is 0 Å². The van der Waals surface area contributed by atoms with Crippen molar-refractivity contribution >= 4 is 45.8 Å². The molecule has 0 aliphatic heterocycles. The molecule has 0 saturated heterocycles. The minimum absolute atomic E-state index is 0.124. The summed E-state index contributed by atoms with van der Waals surface area (Å²) in [6.45, 7) is 12.7. The number of amides is 1. The average molecular weight is 542 g/mol. The maximum absolute atomic E-state index is 12.5. The van der Waals surface area contributed by atoms with Crippen LogP contribution in [0.2, 0.25) is 0 Å². The Morgan fingerprint density at radius 1 is 1.34 bits per heavy atom. The van der Waals surface area contributed by atoms with Crippen LogP contribution < -0.4 is 15.5 Å². The molecule has 1 unspecified atom stereocenters. The Bertz CT molecular complexity index is 1140. The first-order valence-corrected chi connectivity index (χ1v) is 13.0. The van der Waals surface area contributed by atoms with Gasteiger partial charge in [-0.15, -0.1) is 0 Å². The Hall–Kier alpha value is -3.56. The molecule has 1 atom stereocenters. The van der Waals surface area contributed by atoms with Gasteiger partial charge in [-0.1, -0.05) is 20.1 Å². The smallest absolute Gasteiger partial charge is 0.224 e. The summed E-state index contributed by atoms with van der Waals surface area (Å²) in [6.07, 6.45) is 2.63. The number of ether oxygens (including phenoxy) is 2. The molecule has 1 aromatic heterocycles. The minimum Gasteiger partial charge on any atom is -0.377 e. The highest BCUT2D eigenvalue weighted by molar-refractivity contribution is 7.10. The topological polar surface area (TPSA) is 137 Å². The van der Waals surface area contributed by atoms with Crippen molar-refractivity contribution < 1.29 is 24.2 Å². The average Bonchev–Trinajstić information content (AvgIpc) is 3.26. The van der Waals surface area contributed by atoms with Gasteiger partial charge in [0, 0.05) is 37.4 Å². The number of rotatable bonds is 18. The van der Waals surface area contributed by atoms with Crippen molar-refractivity contribution in [2.75, 3.05) is 48.4 Å². The fourth-order valence-electron chi connectivity index (χ4n) is 3.41. The number of aryl methyl sites for hydroxylation is 1. The Balaban J connectivity index is 2.28. The molecule has 2 rings (SSSR count). The Labute approximate surface area is 227 Å². The monoisotopic (exact) mass is 541 g/mol. The van der Waals surface area contributed by atoms with Gasteiger partial charge in [0.2, 0.25) is 5.91 Å². The Morgan fingerprint density at radius 2 is 2.13 bits per heavy atom. The highest BCUT2D eigenvalue weighted by atomic mass is 32.1. The van der Waals surface area contributed by atoms with Crippen LogP contribution in [0.4, 0.5) is 22.1 Å². The number of nitrogens with one attached hydrogen (secondary N) is 2. The minimum atomic E-state index is -1.07. The van der Waals surface area contributed by atoms with Gasteiger partial charge in [-0.25, -0.2) is 0 Å². The van der Waals surface area contributed by atoms with E-state index in [1.807, 2.05) is 30.0 Å². The van der Waals surface area contributed by atoms with Crippen LogP contribution in [0.3, 0.4) is 0 Å². The molecule has 204 valence electrons. The fraction of sp³-hybridized carbons (Fsp3) is 0.407. The summed E-state index contributed by atoms with van der Waals surface area (Å²) in [7, 11) is 0. The second kappa shape index (κ2) is 16.3. The molecule has 0 aliphatic rings. The van der Waals surface area contributed by atoms with Gasteiger partial charge in [-0.2, -0.15) is 9.64 Å². The SMILES string of the molecule is C=CC(O)OCCN(CCCOCC(=C)C=O)c1ccc(Nc2snc(C)c2C#N)c(NC(=O)CCC)c1. The van der Waals surface area contributed by atoms with E-state index in [4.69, 9.17) is 9.47 Å². The number of nitrogens with zero attached hydrogens (tertiary/aromatic N) is 3. The number of carbonyl (C=O) groups excluding carboxylic acids is 2. The van der Waals surface area contributed by atoms with E-state index >= 15 is 0 Å². The van der Waals surface area contributed by atoms with E-state index < -0.39 is 6.29 Å². The second-order valence-corrected chi connectivity index (χ2v) is 9.18. The van der Waals surface area contributed by atoms with Gasteiger partial charge in [-0.3, -0.25) is 9.59 Å². The summed E-state index contributed by atoms with van der Waals surface area (Å²) in [4.78, 5) is 25.3. The molecule has 0 aliphatic carbocycles. The summed E-state index contributed by atoms with van der Waals surface area (Å²) in [6, 6.07) is 7.76. The molecule has 38 heavy (non-hydrogen) atoms. The zero-order chi connectivity index (χ0) is 27.9. The van der Waals surface area contributed by atoms with Crippen LogP contribution in [0.25, 0.3) is 0 Å². The standard InChI is InChI=1S/C27H35N5O5S/c1-5-8-25(34)29-24-15-21(9-10-23(24)30-27-22(16-28)20(4)31-38-27)32(12-14-37-26(35)6-2)11-7-13-36-18-19(3)17-33/h6,9-10,15,17,26,30,35H,2-3,5,7-8,11-14,18H2,1,4H3,(H,29,34). The van der Waals surface area contributed by atoms with Crippen LogP contribution in [0.15, 0.2) is 43.0 Å². The number of hydrogen-bond donors (Lipinski definition) is 3. The first-order valence-electron chi connectivity index (χ1n) is 12.3. The molecule has 1 amide bonds. The van der Waals surface area contributed by atoms with Gasteiger partial charge in [-0.05, 0) is 55.6 Å². The lowest BCUT2D eigenvalue weighted by atomic mass is 10.2. The largest absolute Gasteiger partial charge is 0.377 e. The number of aldehydes is 1. The summed E-state index contributed by atoms with van der Waals surface area (Å²) >= 11 is 1.18. The molecule has 3 N–H and O–H groups in total. The van der Waals surface area contributed by atoms with Gasteiger partial charge < -0.3 is 30.1 Å². The fourth-order valence-corrected chi connectivity index (χ4v) is 4.17. The molecule has 11 heteroatoms. The van der Waals surface area contributed by atoms with E-state index in [2.05, 4.69) is 34.2 Å². The molecular weight excluding hydrogens is 506 g/mol. The Morgan fingerprint density at radius 3 is 2.82 bits per heavy atom. The second-order valence-electron chi connectivity index (χ2n) is 8.40. The van der Waals surface area contributed by atoms with Crippen LogP contribution in [-0.4, -0.2) is 60.9 Å². The van der Waals surface area contributed by atoms with Crippen molar-refractivity contribution in [2.45, 2.75) is 39.4 Å². The van der Waals surface area contributed by atoms with Crippen LogP contribution >= 0.6 is 11.5 Å². The first-order chi connectivity index (χ1) is 18.3. The predicted molar refractivity (Wildman–Crippen MR) is 150 cm³/mol. The lowest BCUT2D eigenvalue weighted by Crippen LogP contribution is -2.30. The van der Waals surface area contributed by atoms with Crippen LogP contribution in [0.5, 0.6) is 0 Å². The lowest BCUT2D eigenvalue weighted by molar-refractivity contribution is -0.116. The molecule has 2 aromatic rings. The van der Waals surface area contributed by atoms with Gasteiger partial charge >= 0.3 is 0 Å². The van der Waals surface area contributed by atoms with Crippen molar-refractivity contribution in [3.8, 4) is 6.07 Å². The lowest BCUT2D eigenvalue weighted by Gasteiger charge is -2.26. The molecule has 0 saturated carbocycles. The summed E-state index contributed by atoms with van der Waals surface area (Å²) in [5, 5.41) is 26.0. The summed E-state index contributed by atoms with van der Waals surface area (Å²) in [5.41, 5.74) is 3.48. The first kappa shape index (κ1) is 30.7. The number of aliphatic hydroxyl groups excluding tert-OH is 1. The van der Waals surface area contributed by atoms with Crippen molar-refractivity contribution in [1.29, 1.82) is 5.26 Å². The van der Waals surface area contributed by atoms with E-state index in [1.165, 1.54) is 17.6 Å². The molecule has 0 fully saturated rings. The third kappa shape index (κ3) is 9.72. The highest BCUT2D eigenvalue weighted by Gasteiger charge is 2.16. The molecule has 0 spiro atoms. The van der Waals surface area contributed by atoms with E-state index in [0.717, 1.165) is 5.69 Å². The summed E-state index contributed by atoms with van der Waals surface area (Å²) in [5.74, 6) is -0.124. The van der Waals surface area contributed by atoms with Crippen molar-refractivity contribution in [2.24, 2.45) is 0 Å². The third-order valence-electron chi connectivity index (χ3n) is 5.36. The number of nitriles is 1. The van der Waals surface area contributed by atoms with E-state index in [-0.39, 0.29) is 19.1 Å². The van der Waals surface area contributed by atoms with Gasteiger partial charge in [0.1, 0.15) is 22.9 Å². The number of anilines is 4. The van der Waals surface area contributed by atoms with Gasteiger partial charge in [0.05, 0.1) is 30.3 Å².